The van der Waals surface area contributed by atoms with Crippen LogP contribution in [0.1, 0.15) is 17.7 Å². The molecule has 0 spiro atoms. The molecule has 0 saturated carbocycles. The van der Waals surface area contributed by atoms with Gasteiger partial charge in [-0.2, -0.15) is 0 Å². The molecule has 156 valence electrons. The summed E-state index contributed by atoms with van der Waals surface area (Å²) in [5.41, 5.74) is 4.82. The van der Waals surface area contributed by atoms with Crippen LogP contribution in [-0.2, 0) is 20.9 Å². The van der Waals surface area contributed by atoms with Gasteiger partial charge >= 0.3 is 0 Å². The quantitative estimate of drug-likeness (QED) is 0.589. The van der Waals surface area contributed by atoms with Gasteiger partial charge in [-0.3, -0.25) is 25.3 Å². The number of hydrogen-bond acceptors (Lipinski definition) is 6. The summed E-state index contributed by atoms with van der Waals surface area (Å²) >= 11 is 7.46. The van der Waals surface area contributed by atoms with Crippen molar-refractivity contribution < 1.29 is 19.1 Å². The minimum Gasteiger partial charge on any atom is -0.484 e. The zero-order chi connectivity index (χ0) is 20.5. The number of benzene rings is 1. The minimum absolute atomic E-state index is 0.144. The van der Waals surface area contributed by atoms with Gasteiger partial charge in [-0.1, -0.05) is 17.7 Å². The summed E-state index contributed by atoms with van der Waals surface area (Å²) in [5, 5.41) is 2.60. The van der Waals surface area contributed by atoms with Gasteiger partial charge in [0.1, 0.15) is 5.75 Å². The van der Waals surface area contributed by atoms with Crippen LogP contribution in [-0.4, -0.2) is 49.1 Å². The van der Waals surface area contributed by atoms with Crippen molar-refractivity contribution in [3.63, 3.8) is 0 Å². The second kappa shape index (κ2) is 11.2. The third kappa shape index (κ3) is 7.66. The van der Waals surface area contributed by atoms with E-state index in [0.29, 0.717) is 23.9 Å². The third-order valence-corrected chi connectivity index (χ3v) is 5.45. The maximum atomic E-state index is 12.3. The van der Waals surface area contributed by atoms with E-state index in [0.717, 1.165) is 19.4 Å². The summed E-state index contributed by atoms with van der Waals surface area (Å²) in [7, 11) is 0. The Bertz CT molecular complexity index is 780. The minimum atomic E-state index is -0.447. The number of hydrogen-bond donors (Lipinski definition) is 2. The molecule has 2 aromatic rings. The molecule has 0 unspecified atom stereocenters. The first-order valence-corrected chi connectivity index (χ1v) is 10.7. The van der Waals surface area contributed by atoms with Crippen molar-refractivity contribution in [3.05, 3.63) is 51.7 Å². The number of hydrazine groups is 1. The lowest BCUT2D eigenvalue weighted by Gasteiger charge is -2.24. The fraction of sp³-hybridized carbons (Fsp3) is 0.400. The van der Waals surface area contributed by atoms with Crippen molar-refractivity contribution in [1.29, 1.82) is 0 Å². The molecule has 0 radical (unpaired) electrons. The average molecular weight is 438 g/mol. The highest BCUT2D eigenvalue weighted by atomic mass is 35.5. The van der Waals surface area contributed by atoms with E-state index in [2.05, 4.69) is 10.9 Å². The largest absolute Gasteiger partial charge is 0.484 e. The van der Waals surface area contributed by atoms with Crippen LogP contribution in [0.3, 0.4) is 0 Å². The molecule has 1 fully saturated rings. The number of rotatable bonds is 9. The number of ether oxygens (including phenoxy) is 2. The van der Waals surface area contributed by atoms with Crippen LogP contribution in [0, 0.1) is 0 Å². The SMILES string of the molecule is O=C(COc1ccc(Cl)cc1)NNC(=O)CN(Cc1cccs1)C[C@@H]1CCCO1. The summed E-state index contributed by atoms with van der Waals surface area (Å²) in [5.74, 6) is -0.216. The van der Waals surface area contributed by atoms with Crippen LogP contribution < -0.4 is 15.6 Å². The molecule has 9 heteroatoms. The zero-order valence-corrected chi connectivity index (χ0v) is 17.5. The lowest BCUT2D eigenvalue weighted by molar-refractivity contribution is -0.130. The molecule has 7 nitrogen and oxygen atoms in total. The smallest absolute Gasteiger partial charge is 0.276 e. The van der Waals surface area contributed by atoms with Gasteiger partial charge in [0, 0.05) is 29.6 Å². The molecule has 0 aliphatic carbocycles. The molecule has 2 heterocycles. The lowest BCUT2D eigenvalue weighted by atomic mass is 10.2. The first-order chi connectivity index (χ1) is 14.1. The maximum absolute atomic E-state index is 12.3. The van der Waals surface area contributed by atoms with Crippen molar-refractivity contribution in [3.8, 4) is 5.75 Å². The van der Waals surface area contributed by atoms with Gasteiger partial charge in [0.25, 0.3) is 11.8 Å². The van der Waals surface area contributed by atoms with Crippen molar-refractivity contribution >= 4 is 34.8 Å². The monoisotopic (exact) mass is 437 g/mol. The highest BCUT2D eigenvalue weighted by Crippen LogP contribution is 2.17. The van der Waals surface area contributed by atoms with E-state index in [9.17, 15) is 9.59 Å². The molecular weight excluding hydrogens is 414 g/mol. The Morgan fingerprint density at radius 1 is 1.21 bits per heavy atom. The molecule has 29 heavy (non-hydrogen) atoms. The molecule has 1 atom stereocenters. The Morgan fingerprint density at radius 3 is 2.69 bits per heavy atom. The topological polar surface area (TPSA) is 79.9 Å². The number of carbonyl (C=O) groups is 2. The van der Waals surface area contributed by atoms with Crippen LogP contribution in [0.15, 0.2) is 41.8 Å². The van der Waals surface area contributed by atoms with Gasteiger partial charge in [-0.15, -0.1) is 11.3 Å². The summed E-state index contributed by atoms with van der Waals surface area (Å²) in [4.78, 5) is 27.4. The number of nitrogens with zero attached hydrogens (tertiary/aromatic N) is 1. The molecule has 1 aromatic heterocycles. The number of nitrogens with one attached hydrogen (secondary N) is 2. The van der Waals surface area contributed by atoms with Gasteiger partial charge in [0.15, 0.2) is 6.61 Å². The maximum Gasteiger partial charge on any atom is 0.276 e. The van der Waals surface area contributed by atoms with Crippen LogP contribution in [0.25, 0.3) is 0 Å². The number of halogens is 1. The van der Waals surface area contributed by atoms with E-state index < -0.39 is 5.91 Å². The van der Waals surface area contributed by atoms with Gasteiger partial charge < -0.3 is 9.47 Å². The fourth-order valence-electron chi connectivity index (χ4n) is 2.98. The van der Waals surface area contributed by atoms with Gasteiger partial charge in [-0.05, 0) is 48.6 Å². The highest BCUT2D eigenvalue weighted by molar-refractivity contribution is 7.09. The molecule has 0 bridgehead atoms. The predicted octanol–water partition coefficient (Wildman–Crippen LogP) is 2.61. The van der Waals surface area contributed by atoms with Crippen molar-refractivity contribution in [2.24, 2.45) is 0 Å². The van der Waals surface area contributed by atoms with Crippen LogP contribution in [0.5, 0.6) is 5.75 Å². The fourth-order valence-corrected chi connectivity index (χ4v) is 3.85. The number of thiophene rings is 1. The van der Waals surface area contributed by atoms with Crippen LogP contribution in [0.2, 0.25) is 5.02 Å². The number of carbonyl (C=O) groups excluding carboxylic acids is 2. The van der Waals surface area contributed by atoms with E-state index in [-0.39, 0.29) is 25.2 Å². The van der Waals surface area contributed by atoms with Crippen molar-refractivity contribution in [1.82, 2.24) is 15.8 Å². The second-order valence-corrected chi connectivity index (χ2v) is 8.19. The van der Waals surface area contributed by atoms with Crippen LogP contribution >= 0.6 is 22.9 Å². The van der Waals surface area contributed by atoms with E-state index in [1.54, 1.807) is 35.6 Å². The normalized spacial score (nSPS) is 16.0. The Kier molecular flexibility index (Phi) is 8.30. The summed E-state index contributed by atoms with van der Waals surface area (Å²) in [6.45, 7) is 2.07. The van der Waals surface area contributed by atoms with Crippen LogP contribution in [0.4, 0.5) is 0 Å². The second-order valence-electron chi connectivity index (χ2n) is 6.72. The molecule has 1 aliphatic heterocycles. The lowest BCUT2D eigenvalue weighted by Crippen LogP contribution is -2.48. The third-order valence-electron chi connectivity index (χ3n) is 4.34. The molecule has 2 N–H and O–H groups in total. The molecular formula is C20H24ClN3O4S. The Balaban J connectivity index is 1.42. The molecule has 1 saturated heterocycles. The Labute approximate surface area is 178 Å². The molecule has 1 aliphatic rings. The standard InChI is InChI=1S/C20H24ClN3O4S/c21-15-5-7-16(8-6-15)28-14-20(26)23-22-19(25)13-24(11-17-3-1-9-27-17)12-18-4-2-10-29-18/h2,4-8,10,17H,1,3,9,11-14H2,(H,22,25)(H,23,26)/t17-/m0/s1. The first kappa shape index (κ1) is 21.6. The van der Waals surface area contributed by atoms with Crippen molar-refractivity contribution in [2.75, 3.05) is 26.3 Å². The molecule has 2 amide bonds. The van der Waals surface area contributed by atoms with E-state index in [1.807, 2.05) is 22.4 Å². The van der Waals surface area contributed by atoms with E-state index >= 15 is 0 Å². The zero-order valence-electron chi connectivity index (χ0n) is 15.9. The van der Waals surface area contributed by atoms with Crippen molar-refractivity contribution in [2.45, 2.75) is 25.5 Å². The summed E-state index contributed by atoms with van der Waals surface area (Å²) in [6, 6.07) is 10.7. The van der Waals surface area contributed by atoms with E-state index in [4.69, 9.17) is 21.1 Å². The summed E-state index contributed by atoms with van der Waals surface area (Å²) < 4.78 is 11.0. The molecule has 1 aromatic carbocycles. The highest BCUT2D eigenvalue weighted by Gasteiger charge is 2.21. The first-order valence-electron chi connectivity index (χ1n) is 9.41. The average Bonchev–Trinajstić information content (AvgIpc) is 3.40. The van der Waals surface area contributed by atoms with Gasteiger partial charge in [-0.25, -0.2) is 0 Å². The predicted molar refractivity (Wildman–Crippen MR) is 112 cm³/mol. The molecule has 3 rings (SSSR count). The Morgan fingerprint density at radius 2 is 2.00 bits per heavy atom. The summed E-state index contributed by atoms with van der Waals surface area (Å²) in [6.07, 6.45) is 2.19. The van der Waals surface area contributed by atoms with Gasteiger partial charge in [0.05, 0.1) is 12.6 Å². The number of amides is 2. The Hall–Kier alpha value is -2.13. The van der Waals surface area contributed by atoms with Gasteiger partial charge in [0.2, 0.25) is 0 Å². The van der Waals surface area contributed by atoms with E-state index in [1.165, 1.54) is 4.88 Å².